The molecule has 1 aliphatic rings. The molecule has 14 heavy (non-hydrogen) atoms. The third-order valence-electron chi connectivity index (χ3n) is 2.89. The fraction of sp³-hybridized carbons (Fsp3) is 0.417. The topological polar surface area (TPSA) is 29.1 Å². The second-order valence-electron chi connectivity index (χ2n) is 3.78. The highest BCUT2D eigenvalue weighted by atomic mass is 16.1. The first-order valence-electron chi connectivity index (χ1n) is 5.20. The van der Waals surface area contributed by atoms with E-state index in [2.05, 4.69) is 18.3 Å². The van der Waals surface area contributed by atoms with E-state index < -0.39 is 0 Å². The largest absolute Gasteiger partial charge is 0.326 e. The van der Waals surface area contributed by atoms with Crippen LogP contribution in [0.25, 0.3) is 0 Å². The molecule has 1 atom stereocenters. The normalized spacial score (nSPS) is 20.9. The molecule has 0 fully saturated rings. The highest BCUT2D eigenvalue weighted by Gasteiger charge is 2.19. The van der Waals surface area contributed by atoms with Crippen LogP contribution in [0.15, 0.2) is 24.3 Å². The van der Waals surface area contributed by atoms with Gasteiger partial charge in [-0.15, -0.1) is 0 Å². The third kappa shape index (κ3) is 1.65. The van der Waals surface area contributed by atoms with Crippen molar-refractivity contribution in [3.8, 4) is 0 Å². The van der Waals surface area contributed by atoms with E-state index in [0.717, 1.165) is 18.5 Å². The smallest absolute Gasteiger partial charge is 0.224 e. The zero-order valence-electron chi connectivity index (χ0n) is 8.42. The SMILES string of the molecule is CCC1CCC(=O)Nc2ccccc21. The van der Waals surface area contributed by atoms with E-state index in [9.17, 15) is 4.79 Å². The van der Waals surface area contributed by atoms with Gasteiger partial charge in [0.2, 0.25) is 5.91 Å². The first kappa shape index (κ1) is 9.25. The molecule has 1 aromatic carbocycles. The third-order valence-corrected chi connectivity index (χ3v) is 2.89. The Balaban J connectivity index is 2.40. The summed E-state index contributed by atoms with van der Waals surface area (Å²) in [7, 11) is 0. The Morgan fingerprint density at radius 3 is 3.00 bits per heavy atom. The fourth-order valence-electron chi connectivity index (χ4n) is 2.06. The number of anilines is 1. The monoisotopic (exact) mass is 189 g/mol. The molecule has 1 N–H and O–H groups in total. The van der Waals surface area contributed by atoms with Crippen molar-refractivity contribution in [3.05, 3.63) is 29.8 Å². The van der Waals surface area contributed by atoms with Crippen molar-refractivity contribution in [1.82, 2.24) is 0 Å². The second kappa shape index (κ2) is 3.82. The number of para-hydroxylation sites is 1. The lowest BCUT2D eigenvalue weighted by molar-refractivity contribution is -0.116. The summed E-state index contributed by atoms with van der Waals surface area (Å²) in [5.74, 6) is 0.679. The van der Waals surface area contributed by atoms with Crippen LogP contribution in [0.4, 0.5) is 5.69 Å². The molecule has 0 bridgehead atoms. The van der Waals surface area contributed by atoms with Crippen molar-refractivity contribution in [2.45, 2.75) is 32.1 Å². The molecule has 1 amide bonds. The van der Waals surface area contributed by atoms with Crippen LogP contribution >= 0.6 is 0 Å². The van der Waals surface area contributed by atoms with Crippen LogP contribution < -0.4 is 5.32 Å². The fourth-order valence-corrected chi connectivity index (χ4v) is 2.06. The van der Waals surface area contributed by atoms with Crippen molar-refractivity contribution in [2.75, 3.05) is 5.32 Å². The van der Waals surface area contributed by atoms with Crippen molar-refractivity contribution in [2.24, 2.45) is 0 Å². The molecule has 0 spiro atoms. The molecule has 1 aliphatic heterocycles. The zero-order valence-corrected chi connectivity index (χ0v) is 8.42. The van der Waals surface area contributed by atoms with Gasteiger partial charge in [0.15, 0.2) is 0 Å². The molecular formula is C12H15NO. The Bertz CT molecular complexity index is 346. The number of fused-ring (bicyclic) bond motifs is 1. The highest BCUT2D eigenvalue weighted by Crippen LogP contribution is 2.33. The predicted octanol–water partition coefficient (Wildman–Crippen LogP) is 2.91. The van der Waals surface area contributed by atoms with Gasteiger partial charge in [0, 0.05) is 12.1 Å². The Morgan fingerprint density at radius 2 is 2.21 bits per heavy atom. The lowest BCUT2D eigenvalue weighted by Crippen LogP contribution is -2.08. The van der Waals surface area contributed by atoms with E-state index in [0.29, 0.717) is 12.3 Å². The molecule has 0 saturated heterocycles. The molecule has 0 aromatic heterocycles. The van der Waals surface area contributed by atoms with Gasteiger partial charge in [0.25, 0.3) is 0 Å². The van der Waals surface area contributed by atoms with Crippen LogP contribution in [0.5, 0.6) is 0 Å². The molecular weight excluding hydrogens is 174 g/mol. The quantitative estimate of drug-likeness (QED) is 0.723. The van der Waals surface area contributed by atoms with Crippen molar-refractivity contribution < 1.29 is 4.79 Å². The molecule has 2 heteroatoms. The van der Waals surface area contributed by atoms with Gasteiger partial charge in [-0.1, -0.05) is 25.1 Å². The number of benzene rings is 1. The second-order valence-corrected chi connectivity index (χ2v) is 3.78. The van der Waals surface area contributed by atoms with Crippen LogP contribution in [-0.2, 0) is 4.79 Å². The Hall–Kier alpha value is -1.31. The summed E-state index contributed by atoms with van der Waals surface area (Å²) in [5, 5.41) is 2.95. The van der Waals surface area contributed by atoms with Crippen molar-refractivity contribution in [1.29, 1.82) is 0 Å². The first-order valence-corrected chi connectivity index (χ1v) is 5.20. The molecule has 0 radical (unpaired) electrons. The molecule has 1 unspecified atom stereocenters. The molecule has 74 valence electrons. The number of hydrogen-bond acceptors (Lipinski definition) is 1. The van der Waals surface area contributed by atoms with Gasteiger partial charge >= 0.3 is 0 Å². The predicted molar refractivity (Wildman–Crippen MR) is 57.3 cm³/mol. The summed E-state index contributed by atoms with van der Waals surface area (Å²) in [6.45, 7) is 2.18. The maximum atomic E-state index is 11.4. The van der Waals surface area contributed by atoms with E-state index in [1.165, 1.54) is 5.56 Å². The van der Waals surface area contributed by atoms with Crippen LogP contribution in [-0.4, -0.2) is 5.91 Å². The van der Waals surface area contributed by atoms with Crippen LogP contribution in [0.1, 0.15) is 37.7 Å². The van der Waals surface area contributed by atoms with Gasteiger partial charge in [0.1, 0.15) is 0 Å². The number of carbonyl (C=O) groups is 1. The minimum atomic E-state index is 0.147. The van der Waals surface area contributed by atoms with Gasteiger partial charge in [-0.3, -0.25) is 4.79 Å². The number of rotatable bonds is 1. The Labute approximate surface area is 84.3 Å². The van der Waals surface area contributed by atoms with Crippen molar-refractivity contribution >= 4 is 11.6 Å². The van der Waals surface area contributed by atoms with E-state index in [1.807, 2.05) is 18.2 Å². The van der Waals surface area contributed by atoms with Gasteiger partial charge in [0.05, 0.1) is 0 Å². The van der Waals surface area contributed by atoms with Gasteiger partial charge < -0.3 is 5.32 Å². The molecule has 1 aromatic rings. The van der Waals surface area contributed by atoms with Gasteiger partial charge in [-0.25, -0.2) is 0 Å². The number of nitrogens with one attached hydrogen (secondary N) is 1. The highest BCUT2D eigenvalue weighted by molar-refractivity contribution is 5.92. The van der Waals surface area contributed by atoms with Crippen LogP contribution in [0.3, 0.4) is 0 Å². The minimum absolute atomic E-state index is 0.147. The van der Waals surface area contributed by atoms with Gasteiger partial charge in [-0.05, 0) is 30.4 Å². The Morgan fingerprint density at radius 1 is 1.43 bits per heavy atom. The maximum Gasteiger partial charge on any atom is 0.224 e. The number of hydrogen-bond donors (Lipinski definition) is 1. The number of amides is 1. The zero-order chi connectivity index (χ0) is 9.97. The lowest BCUT2D eigenvalue weighted by atomic mass is 9.92. The first-order chi connectivity index (χ1) is 6.81. The molecule has 2 rings (SSSR count). The summed E-state index contributed by atoms with van der Waals surface area (Å²) in [4.78, 5) is 11.4. The molecule has 2 nitrogen and oxygen atoms in total. The molecule has 0 saturated carbocycles. The van der Waals surface area contributed by atoms with E-state index >= 15 is 0 Å². The van der Waals surface area contributed by atoms with E-state index in [4.69, 9.17) is 0 Å². The summed E-state index contributed by atoms with van der Waals surface area (Å²) >= 11 is 0. The average molecular weight is 189 g/mol. The summed E-state index contributed by atoms with van der Waals surface area (Å²) in [6.07, 6.45) is 2.72. The summed E-state index contributed by atoms with van der Waals surface area (Å²) < 4.78 is 0. The van der Waals surface area contributed by atoms with Crippen molar-refractivity contribution in [3.63, 3.8) is 0 Å². The molecule has 1 heterocycles. The minimum Gasteiger partial charge on any atom is -0.326 e. The van der Waals surface area contributed by atoms with Crippen LogP contribution in [0.2, 0.25) is 0 Å². The van der Waals surface area contributed by atoms with Crippen LogP contribution in [0, 0.1) is 0 Å². The summed E-state index contributed by atoms with van der Waals surface area (Å²) in [6, 6.07) is 8.12. The average Bonchev–Trinajstić information content (AvgIpc) is 2.36. The standard InChI is InChI=1S/C12H15NO/c1-2-9-7-8-12(14)13-11-6-4-3-5-10(9)11/h3-6,9H,2,7-8H2,1H3,(H,13,14). The van der Waals surface area contributed by atoms with E-state index in [-0.39, 0.29) is 5.91 Å². The number of carbonyl (C=O) groups excluding carboxylic acids is 1. The molecule has 0 aliphatic carbocycles. The lowest BCUT2D eigenvalue weighted by Gasteiger charge is -2.13. The van der Waals surface area contributed by atoms with E-state index in [1.54, 1.807) is 0 Å². The Kier molecular flexibility index (Phi) is 2.53. The maximum absolute atomic E-state index is 11.4. The van der Waals surface area contributed by atoms with Gasteiger partial charge in [-0.2, -0.15) is 0 Å². The summed E-state index contributed by atoms with van der Waals surface area (Å²) in [5.41, 5.74) is 2.29.